The fourth-order valence-corrected chi connectivity index (χ4v) is 3.06. The molecule has 4 heteroatoms. The fraction of sp³-hybridized carbons (Fsp3) is 0.0556. The largest absolute Gasteiger partial charge is 0.478 e. The molecule has 0 spiro atoms. The van der Waals surface area contributed by atoms with Gasteiger partial charge in [-0.1, -0.05) is 30.3 Å². The van der Waals surface area contributed by atoms with E-state index in [-0.39, 0.29) is 6.04 Å². The molecule has 4 nitrogen and oxygen atoms in total. The van der Waals surface area contributed by atoms with Crippen LogP contribution in [0.4, 0.5) is 5.69 Å². The number of benzene rings is 2. The van der Waals surface area contributed by atoms with E-state index in [9.17, 15) is 9.90 Å². The van der Waals surface area contributed by atoms with Gasteiger partial charge in [0.05, 0.1) is 23.0 Å². The van der Waals surface area contributed by atoms with E-state index in [1.807, 2.05) is 54.7 Å². The van der Waals surface area contributed by atoms with Crippen molar-refractivity contribution in [1.29, 1.82) is 0 Å². The average Bonchev–Trinajstić information content (AvgIpc) is 3.04. The Balaban J connectivity index is 1.91. The summed E-state index contributed by atoms with van der Waals surface area (Å²) >= 11 is 0. The molecule has 0 saturated heterocycles. The van der Waals surface area contributed by atoms with E-state index in [4.69, 9.17) is 0 Å². The Bertz CT molecular complexity index is 867. The molecule has 0 fully saturated rings. The van der Waals surface area contributed by atoms with Gasteiger partial charge in [0.25, 0.3) is 0 Å². The topological polar surface area (TPSA) is 54.3 Å². The second kappa shape index (κ2) is 4.77. The number of nitrogens with one attached hydrogen (secondary N) is 1. The number of hydrogen-bond donors (Lipinski definition) is 2. The Labute approximate surface area is 127 Å². The Kier molecular flexibility index (Phi) is 2.76. The molecule has 0 radical (unpaired) electrons. The quantitative estimate of drug-likeness (QED) is 0.757. The summed E-state index contributed by atoms with van der Waals surface area (Å²) in [6, 6.07) is 19.0. The van der Waals surface area contributed by atoms with Crippen molar-refractivity contribution in [3.8, 4) is 5.69 Å². The van der Waals surface area contributed by atoms with Crippen LogP contribution in [0.1, 0.15) is 27.7 Å². The van der Waals surface area contributed by atoms with E-state index < -0.39 is 5.97 Å². The van der Waals surface area contributed by atoms with Gasteiger partial charge in [-0.05, 0) is 35.9 Å². The fourth-order valence-electron chi connectivity index (χ4n) is 3.06. The van der Waals surface area contributed by atoms with Gasteiger partial charge in [0, 0.05) is 11.9 Å². The maximum atomic E-state index is 11.5. The molecule has 2 aromatic carbocycles. The van der Waals surface area contributed by atoms with Crippen LogP contribution < -0.4 is 5.32 Å². The van der Waals surface area contributed by atoms with Gasteiger partial charge >= 0.3 is 5.97 Å². The lowest BCUT2D eigenvalue weighted by Gasteiger charge is -2.30. The summed E-state index contributed by atoms with van der Waals surface area (Å²) < 4.78 is 2.11. The van der Waals surface area contributed by atoms with Crippen LogP contribution in [-0.4, -0.2) is 15.6 Å². The minimum Gasteiger partial charge on any atom is -0.478 e. The molecular formula is C18H14N2O2. The number of aromatic nitrogens is 1. The normalized spacial score (nSPS) is 15.5. The van der Waals surface area contributed by atoms with Crippen LogP contribution in [0.25, 0.3) is 5.69 Å². The van der Waals surface area contributed by atoms with Crippen LogP contribution in [0.3, 0.4) is 0 Å². The molecule has 108 valence electrons. The summed E-state index contributed by atoms with van der Waals surface area (Å²) in [5.74, 6) is -0.908. The summed E-state index contributed by atoms with van der Waals surface area (Å²) in [5, 5.41) is 12.9. The zero-order valence-corrected chi connectivity index (χ0v) is 11.7. The molecule has 1 aromatic heterocycles. The van der Waals surface area contributed by atoms with Crippen LogP contribution in [0.2, 0.25) is 0 Å². The number of carbonyl (C=O) groups is 1. The first-order valence-corrected chi connectivity index (χ1v) is 7.11. The van der Waals surface area contributed by atoms with Crippen molar-refractivity contribution in [2.45, 2.75) is 6.04 Å². The maximum absolute atomic E-state index is 11.5. The molecule has 0 bridgehead atoms. The molecule has 1 unspecified atom stereocenters. The molecule has 2 N–H and O–H groups in total. The van der Waals surface area contributed by atoms with Gasteiger partial charge in [-0.3, -0.25) is 0 Å². The minimum atomic E-state index is -0.908. The third-order valence-corrected chi connectivity index (χ3v) is 4.04. The highest BCUT2D eigenvalue weighted by molar-refractivity contribution is 5.90. The van der Waals surface area contributed by atoms with Crippen molar-refractivity contribution in [2.24, 2.45) is 0 Å². The number of anilines is 1. The molecule has 1 aliphatic heterocycles. The summed E-state index contributed by atoms with van der Waals surface area (Å²) in [6.45, 7) is 0. The lowest BCUT2D eigenvalue weighted by atomic mass is 9.96. The zero-order valence-electron chi connectivity index (χ0n) is 11.7. The monoisotopic (exact) mass is 290 g/mol. The summed E-state index contributed by atoms with van der Waals surface area (Å²) in [4.78, 5) is 11.5. The molecule has 1 atom stereocenters. The van der Waals surface area contributed by atoms with Crippen molar-refractivity contribution < 1.29 is 9.90 Å². The van der Waals surface area contributed by atoms with Crippen LogP contribution in [0.5, 0.6) is 0 Å². The number of aromatic carboxylic acids is 1. The number of hydrogen-bond acceptors (Lipinski definition) is 2. The van der Waals surface area contributed by atoms with Crippen LogP contribution in [0.15, 0.2) is 66.9 Å². The third-order valence-electron chi connectivity index (χ3n) is 4.04. The van der Waals surface area contributed by atoms with E-state index in [1.165, 1.54) is 0 Å². The molecule has 0 amide bonds. The van der Waals surface area contributed by atoms with E-state index in [1.54, 1.807) is 12.1 Å². The number of carboxylic acids is 1. The van der Waals surface area contributed by atoms with E-state index in [0.29, 0.717) is 5.56 Å². The number of carboxylic acid groups (broad SMARTS) is 1. The predicted octanol–water partition coefficient (Wildman–Crippen LogP) is 3.69. The van der Waals surface area contributed by atoms with Gasteiger partial charge in [0.1, 0.15) is 0 Å². The Morgan fingerprint density at radius 3 is 2.64 bits per heavy atom. The second-order valence-electron chi connectivity index (χ2n) is 5.29. The molecule has 0 aliphatic carbocycles. The third kappa shape index (κ3) is 1.81. The van der Waals surface area contributed by atoms with Crippen LogP contribution in [-0.2, 0) is 0 Å². The van der Waals surface area contributed by atoms with Crippen molar-refractivity contribution in [2.75, 3.05) is 5.32 Å². The first-order chi connectivity index (χ1) is 10.8. The highest BCUT2D eigenvalue weighted by Crippen LogP contribution is 2.37. The van der Waals surface area contributed by atoms with Gasteiger partial charge < -0.3 is 15.0 Å². The standard InChI is InChI=1S/C18H14N2O2/c21-18(22)13-7-2-1-6-12(13)17-16-10-5-11-20(16)15-9-4-3-8-14(15)19-17/h1-11,17,19H,(H,21,22). The molecule has 4 rings (SSSR count). The van der Waals surface area contributed by atoms with Crippen molar-refractivity contribution in [3.63, 3.8) is 0 Å². The highest BCUT2D eigenvalue weighted by Gasteiger charge is 2.27. The lowest BCUT2D eigenvalue weighted by Crippen LogP contribution is -2.23. The number of rotatable bonds is 2. The molecular weight excluding hydrogens is 276 g/mol. The maximum Gasteiger partial charge on any atom is 0.336 e. The summed E-state index contributed by atoms with van der Waals surface area (Å²) in [5.41, 5.74) is 4.20. The van der Waals surface area contributed by atoms with Crippen LogP contribution in [0, 0.1) is 0 Å². The smallest absolute Gasteiger partial charge is 0.336 e. The van der Waals surface area contributed by atoms with Crippen LogP contribution >= 0.6 is 0 Å². The summed E-state index contributed by atoms with van der Waals surface area (Å²) in [6.07, 6.45) is 2.01. The van der Waals surface area contributed by atoms with Gasteiger partial charge in [0.15, 0.2) is 0 Å². The van der Waals surface area contributed by atoms with Crippen molar-refractivity contribution >= 4 is 11.7 Å². The summed E-state index contributed by atoms with van der Waals surface area (Å²) in [7, 11) is 0. The minimum absolute atomic E-state index is 0.183. The lowest BCUT2D eigenvalue weighted by molar-refractivity contribution is 0.0695. The Morgan fingerprint density at radius 1 is 1.00 bits per heavy atom. The van der Waals surface area contributed by atoms with Crippen molar-refractivity contribution in [3.05, 3.63) is 83.7 Å². The molecule has 0 saturated carbocycles. The van der Waals surface area contributed by atoms with Gasteiger partial charge in [-0.15, -0.1) is 0 Å². The van der Waals surface area contributed by atoms with E-state index >= 15 is 0 Å². The van der Waals surface area contributed by atoms with Gasteiger partial charge in [-0.25, -0.2) is 4.79 Å². The van der Waals surface area contributed by atoms with E-state index in [0.717, 1.165) is 22.6 Å². The molecule has 22 heavy (non-hydrogen) atoms. The average molecular weight is 290 g/mol. The highest BCUT2D eigenvalue weighted by atomic mass is 16.4. The number of fused-ring (bicyclic) bond motifs is 3. The number of nitrogens with zero attached hydrogens (tertiary/aromatic N) is 1. The van der Waals surface area contributed by atoms with Crippen molar-refractivity contribution in [1.82, 2.24) is 4.57 Å². The molecule has 3 aromatic rings. The van der Waals surface area contributed by atoms with E-state index in [2.05, 4.69) is 9.88 Å². The Hall–Kier alpha value is -3.01. The first kappa shape index (κ1) is 12.7. The number of para-hydroxylation sites is 2. The van der Waals surface area contributed by atoms with Gasteiger partial charge in [-0.2, -0.15) is 0 Å². The Morgan fingerprint density at radius 2 is 1.77 bits per heavy atom. The van der Waals surface area contributed by atoms with Gasteiger partial charge in [0.2, 0.25) is 0 Å². The zero-order chi connectivity index (χ0) is 15.1. The molecule has 1 aliphatic rings. The SMILES string of the molecule is O=C(O)c1ccccc1C1Nc2ccccc2-n2cccc21. The first-order valence-electron chi connectivity index (χ1n) is 7.11. The predicted molar refractivity (Wildman–Crippen MR) is 84.6 cm³/mol. The second-order valence-corrected chi connectivity index (χ2v) is 5.29. The molecule has 2 heterocycles.